The number of benzene rings is 1. The Morgan fingerprint density at radius 2 is 1.76 bits per heavy atom. The van der Waals surface area contributed by atoms with Gasteiger partial charge in [0.05, 0.1) is 10.0 Å². The van der Waals surface area contributed by atoms with Gasteiger partial charge in [-0.1, -0.05) is 23.2 Å². The molecule has 2 aromatic rings. The van der Waals surface area contributed by atoms with Gasteiger partial charge in [-0.25, -0.2) is 0 Å². The maximum atomic E-state index is 12.3. The Balaban J connectivity index is 1.44. The molecule has 0 spiro atoms. The number of pyridine rings is 1. The lowest BCUT2D eigenvalue weighted by atomic mass is 10.2. The van der Waals surface area contributed by atoms with Crippen LogP contribution in [0.1, 0.15) is 5.56 Å². The molecule has 0 unspecified atom stereocenters. The summed E-state index contributed by atoms with van der Waals surface area (Å²) in [5.41, 5.74) is 1.23. The first kappa shape index (κ1) is 18.0. The van der Waals surface area contributed by atoms with Gasteiger partial charge in [0.25, 0.3) is 5.91 Å². The number of aromatic nitrogens is 1. The highest BCUT2D eigenvalue weighted by atomic mass is 35.5. The Morgan fingerprint density at radius 1 is 1.04 bits per heavy atom. The van der Waals surface area contributed by atoms with E-state index in [1.165, 1.54) is 5.56 Å². The number of hydrogen-bond donors (Lipinski definition) is 0. The second-order valence-electron chi connectivity index (χ2n) is 5.88. The summed E-state index contributed by atoms with van der Waals surface area (Å²) in [7, 11) is 0. The molecule has 0 aliphatic carbocycles. The highest BCUT2D eigenvalue weighted by Gasteiger charge is 2.21. The van der Waals surface area contributed by atoms with Crippen molar-refractivity contribution in [1.29, 1.82) is 0 Å². The van der Waals surface area contributed by atoms with Crippen LogP contribution in [0.3, 0.4) is 0 Å². The number of rotatable bonds is 5. The smallest absolute Gasteiger partial charge is 0.260 e. The van der Waals surface area contributed by atoms with Crippen LogP contribution in [0.4, 0.5) is 0 Å². The zero-order chi connectivity index (χ0) is 17.6. The lowest BCUT2D eigenvalue weighted by Gasteiger charge is -2.34. The van der Waals surface area contributed by atoms with Crippen LogP contribution in [0.25, 0.3) is 0 Å². The van der Waals surface area contributed by atoms with Crippen molar-refractivity contribution >= 4 is 29.1 Å². The molecular formula is C18H19Cl2N3O2. The number of piperazine rings is 1. The van der Waals surface area contributed by atoms with E-state index in [9.17, 15) is 4.79 Å². The van der Waals surface area contributed by atoms with Gasteiger partial charge >= 0.3 is 0 Å². The number of halogens is 2. The number of carbonyl (C=O) groups excluding carboxylic acids is 1. The van der Waals surface area contributed by atoms with Gasteiger partial charge in [0, 0.05) is 51.2 Å². The van der Waals surface area contributed by atoms with E-state index in [4.69, 9.17) is 27.9 Å². The molecule has 1 aliphatic rings. The van der Waals surface area contributed by atoms with Crippen molar-refractivity contribution < 1.29 is 9.53 Å². The standard InChI is InChI=1S/C18H19Cl2N3O2/c19-16-2-1-15(11-17(16)20)25-13-18(24)23-9-7-22(8-10-23)12-14-3-5-21-6-4-14/h1-6,11H,7-10,12-13H2. The molecular weight excluding hydrogens is 361 g/mol. The van der Waals surface area contributed by atoms with Gasteiger partial charge in [-0.05, 0) is 29.8 Å². The van der Waals surface area contributed by atoms with Crippen molar-refractivity contribution in [3.8, 4) is 5.75 Å². The highest BCUT2D eigenvalue weighted by molar-refractivity contribution is 6.42. The van der Waals surface area contributed by atoms with Crippen LogP contribution in [0.2, 0.25) is 10.0 Å². The third kappa shape index (κ3) is 5.08. The number of hydrogen-bond acceptors (Lipinski definition) is 4. The number of amides is 1. The Labute approximate surface area is 157 Å². The summed E-state index contributed by atoms with van der Waals surface area (Å²) in [6, 6.07) is 9.00. The molecule has 0 N–H and O–H groups in total. The van der Waals surface area contributed by atoms with E-state index >= 15 is 0 Å². The van der Waals surface area contributed by atoms with Gasteiger partial charge in [0.15, 0.2) is 6.61 Å². The average molecular weight is 380 g/mol. The molecule has 1 aliphatic heterocycles. The SMILES string of the molecule is O=C(COc1ccc(Cl)c(Cl)c1)N1CCN(Cc2ccncc2)CC1. The summed E-state index contributed by atoms with van der Waals surface area (Å²) in [6.07, 6.45) is 3.60. The van der Waals surface area contributed by atoms with Gasteiger partial charge in [-0.15, -0.1) is 0 Å². The molecule has 1 saturated heterocycles. The van der Waals surface area contributed by atoms with E-state index in [0.29, 0.717) is 28.9 Å². The molecule has 5 nitrogen and oxygen atoms in total. The Morgan fingerprint density at radius 3 is 2.44 bits per heavy atom. The highest BCUT2D eigenvalue weighted by Crippen LogP contribution is 2.26. The van der Waals surface area contributed by atoms with Crippen LogP contribution >= 0.6 is 23.2 Å². The quantitative estimate of drug-likeness (QED) is 0.800. The maximum absolute atomic E-state index is 12.3. The van der Waals surface area contributed by atoms with Crippen molar-refractivity contribution in [2.45, 2.75) is 6.54 Å². The number of ether oxygens (including phenoxy) is 1. The molecule has 3 rings (SSSR count). The Bertz CT molecular complexity index is 720. The van der Waals surface area contributed by atoms with Crippen molar-refractivity contribution in [1.82, 2.24) is 14.8 Å². The van der Waals surface area contributed by atoms with E-state index in [0.717, 1.165) is 19.6 Å². The lowest BCUT2D eigenvalue weighted by Crippen LogP contribution is -2.49. The maximum Gasteiger partial charge on any atom is 0.260 e. The molecule has 1 aromatic carbocycles. The van der Waals surface area contributed by atoms with Crippen molar-refractivity contribution in [2.75, 3.05) is 32.8 Å². The van der Waals surface area contributed by atoms with Crippen LogP contribution in [-0.2, 0) is 11.3 Å². The summed E-state index contributed by atoms with van der Waals surface area (Å²) in [5.74, 6) is 0.522. The minimum absolute atomic E-state index is 0.00230. The average Bonchev–Trinajstić information content (AvgIpc) is 2.64. The van der Waals surface area contributed by atoms with Crippen LogP contribution in [-0.4, -0.2) is 53.5 Å². The second kappa shape index (κ2) is 8.52. The Kier molecular flexibility index (Phi) is 6.13. The van der Waals surface area contributed by atoms with Crippen LogP contribution in [0.15, 0.2) is 42.7 Å². The van der Waals surface area contributed by atoms with E-state index < -0.39 is 0 Å². The molecule has 2 heterocycles. The van der Waals surface area contributed by atoms with Gasteiger partial charge < -0.3 is 9.64 Å². The second-order valence-corrected chi connectivity index (χ2v) is 6.69. The summed E-state index contributed by atoms with van der Waals surface area (Å²) in [5, 5.41) is 0.877. The molecule has 1 aromatic heterocycles. The molecule has 1 amide bonds. The van der Waals surface area contributed by atoms with Gasteiger partial charge in [-0.3, -0.25) is 14.7 Å². The summed E-state index contributed by atoms with van der Waals surface area (Å²) in [6.45, 7) is 3.98. The molecule has 0 saturated carbocycles. The van der Waals surface area contributed by atoms with Gasteiger partial charge in [-0.2, -0.15) is 0 Å². The topological polar surface area (TPSA) is 45.7 Å². The molecule has 0 bridgehead atoms. The first-order valence-electron chi connectivity index (χ1n) is 8.09. The van der Waals surface area contributed by atoms with E-state index in [2.05, 4.69) is 9.88 Å². The van der Waals surface area contributed by atoms with Crippen molar-refractivity contribution in [3.63, 3.8) is 0 Å². The molecule has 0 atom stereocenters. The first-order chi connectivity index (χ1) is 12.1. The third-order valence-corrected chi connectivity index (χ3v) is 4.87. The summed E-state index contributed by atoms with van der Waals surface area (Å²) >= 11 is 11.8. The zero-order valence-electron chi connectivity index (χ0n) is 13.7. The minimum Gasteiger partial charge on any atom is -0.484 e. The number of nitrogens with zero attached hydrogens (tertiary/aromatic N) is 3. The normalized spacial score (nSPS) is 15.2. The first-order valence-corrected chi connectivity index (χ1v) is 8.84. The minimum atomic E-state index is -0.0189. The molecule has 25 heavy (non-hydrogen) atoms. The fourth-order valence-electron chi connectivity index (χ4n) is 2.70. The molecule has 0 radical (unpaired) electrons. The largest absolute Gasteiger partial charge is 0.484 e. The van der Waals surface area contributed by atoms with Crippen LogP contribution < -0.4 is 4.74 Å². The predicted octanol–water partition coefficient (Wildman–Crippen LogP) is 3.11. The summed E-state index contributed by atoms with van der Waals surface area (Å²) in [4.78, 5) is 20.5. The molecule has 7 heteroatoms. The lowest BCUT2D eigenvalue weighted by molar-refractivity contribution is -0.135. The van der Waals surface area contributed by atoms with Crippen LogP contribution in [0, 0.1) is 0 Å². The van der Waals surface area contributed by atoms with Crippen LogP contribution in [0.5, 0.6) is 5.75 Å². The van der Waals surface area contributed by atoms with Gasteiger partial charge in [0.1, 0.15) is 5.75 Å². The third-order valence-electron chi connectivity index (χ3n) is 4.13. The van der Waals surface area contributed by atoms with Crippen molar-refractivity contribution in [2.24, 2.45) is 0 Å². The van der Waals surface area contributed by atoms with E-state index in [1.54, 1.807) is 30.6 Å². The van der Waals surface area contributed by atoms with Crippen molar-refractivity contribution in [3.05, 3.63) is 58.3 Å². The fraction of sp³-hybridized carbons (Fsp3) is 0.333. The van der Waals surface area contributed by atoms with E-state index in [-0.39, 0.29) is 12.5 Å². The molecule has 132 valence electrons. The molecule has 1 fully saturated rings. The summed E-state index contributed by atoms with van der Waals surface area (Å²) < 4.78 is 5.52. The predicted molar refractivity (Wildman–Crippen MR) is 98.1 cm³/mol. The Hall–Kier alpha value is -1.82. The van der Waals surface area contributed by atoms with E-state index in [1.807, 2.05) is 17.0 Å². The monoisotopic (exact) mass is 379 g/mol. The fourth-order valence-corrected chi connectivity index (χ4v) is 2.99. The number of carbonyl (C=O) groups is 1. The zero-order valence-corrected chi connectivity index (χ0v) is 15.2. The van der Waals surface area contributed by atoms with Gasteiger partial charge in [0.2, 0.25) is 0 Å².